The zero-order chi connectivity index (χ0) is 13.7. The molecule has 0 spiro atoms. The maximum Gasteiger partial charge on any atom is 0.291 e. The van der Waals surface area contributed by atoms with Gasteiger partial charge in [-0.1, -0.05) is 13.0 Å². The average Bonchev–Trinajstić information content (AvgIpc) is 3.00. The van der Waals surface area contributed by atoms with Crippen LogP contribution in [-0.4, -0.2) is 27.1 Å². The minimum atomic E-state index is -0.220. The van der Waals surface area contributed by atoms with Gasteiger partial charge >= 0.3 is 0 Å². The first-order chi connectivity index (χ1) is 9.19. The van der Waals surface area contributed by atoms with Crippen LogP contribution in [0.1, 0.15) is 41.6 Å². The lowest BCUT2D eigenvalue weighted by atomic mass is 10.2. The second-order valence-electron chi connectivity index (χ2n) is 4.51. The zero-order valence-corrected chi connectivity index (χ0v) is 12.0. The molecule has 1 amide bonds. The Labute approximate surface area is 116 Å². The first-order valence-electron chi connectivity index (χ1n) is 6.43. The molecule has 5 nitrogen and oxygen atoms in total. The summed E-state index contributed by atoms with van der Waals surface area (Å²) in [7, 11) is 0. The predicted octanol–water partition coefficient (Wildman–Crippen LogP) is 2.18. The molecule has 19 heavy (non-hydrogen) atoms. The summed E-state index contributed by atoms with van der Waals surface area (Å²) in [4.78, 5) is 17.4. The summed E-state index contributed by atoms with van der Waals surface area (Å²) >= 11 is 1.70. The van der Waals surface area contributed by atoms with Crippen LogP contribution < -0.4 is 5.32 Å². The normalized spacial score (nSPS) is 12.3. The molecular formula is C13H18N4OS. The van der Waals surface area contributed by atoms with Gasteiger partial charge in [0, 0.05) is 23.8 Å². The molecule has 102 valence electrons. The molecule has 0 fully saturated rings. The Morgan fingerprint density at radius 2 is 2.42 bits per heavy atom. The number of carbonyl (C=O) groups excluding carboxylic acids is 1. The Balaban J connectivity index is 1.88. The quantitative estimate of drug-likeness (QED) is 0.850. The van der Waals surface area contributed by atoms with E-state index in [1.54, 1.807) is 11.3 Å². The lowest BCUT2D eigenvalue weighted by Gasteiger charge is -2.10. The van der Waals surface area contributed by atoms with E-state index >= 15 is 0 Å². The van der Waals surface area contributed by atoms with Gasteiger partial charge < -0.3 is 5.32 Å². The molecule has 0 saturated heterocycles. The van der Waals surface area contributed by atoms with Crippen molar-refractivity contribution in [3.8, 4) is 0 Å². The Hall–Kier alpha value is -1.69. The van der Waals surface area contributed by atoms with Gasteiger partial charge in [-0.25, -0.2) is 4.98 Å². The van der Waals surface area contributed by atoms with Crippen molar-refractivity contribution in [3.63, 3.8) is 0 Å². The SMILES string of the molecule is CCCc1nc(C(=O)NC(C)Cc2cccs2)n[nH]1. The number of rotatable bonds is 6. The van der Waals surface area contributed by atoms with Crippen molar-refractivity contribution < 1.29 is 4.79 Å². The number of H-pyrrole nitrogens is 1. The number of hydrogen-bond acceptors (Lipinski definition) is 4. The monoisotopic (exact) mass is 278 g/mol. The molecule has 0 aliphatic carbocycles. The number of carbonyl (C=O) groups is 1. The van der Waals surface area contributed by atoms with Gasteiger partial charge in [0.25, 0.3) is 5.91 Å². The van der Waals surface area contributed by atoms with E-state index in [4.69, 9.17) is 0 Å². The molecule has 2 aromatic rings. The van der Waals surface area contributed by atoms with Gasteiger partial charge in [-0.2, -0.15) is 0 Å². The zero-order valence-electron chi connectivity index (χ0n) is 11.1. The standard InChI is InChI=1S/C13H18N4OS/c1-3-5-11-15-12(17-16-11)13(18)14-9(2)8-10-6-4-7-19-10/h4,6-7,9H,3,5,8H2,1-2H3,(H,14,18)(H,15,16,17). The van der Waals surface area contributed by atoms with E-state index in [2.05, 4.69) is 33.5 Å². The molecule has 1 atom stereocenters. The summed E-state index contributed by atoms with van der Waals surface area (Å²) in [6.45, 7) is 4.04. The number of hydrogen-bond donors (Lipinski definition) is 2. The molecule has 0 aliphatic rings. The maximum absolute atomic E-state index is 11.9. The van der Waals surface area contributed by atoms with Crippen LogP contribution in [0.4, 0.5) is 0 Å². The molecule has 0 aliphatic heterocycles. The van der Waals surface area contributed by atoms with E-state index in [9.17, 15) is 4.79 Å². The van der Waals surface area contributed by atoms with Crippen LogP contribution in [0.25, 0.3) is 0 Å². The molecule has 2 rings (SSSR count). The number of aromatic amines is 1. The summed E-state index contributed by atoms with van der Waals surface area (Å²) in [5.41, 5.74) is 0. The minimum Gasteiger partial charge on any atom is -0.346 e. The molecule has 1 unspecified atom stereocenters. The number of aryl methyl sites for hydroxylation is 1. The van der Waals surface area contributed by atoms with E-state index in [-0.39, 0.29) is 17.8 Å². The van der Waals surface area contributed by atoms with E-state index in [0.29, 0.717) is 0 Å². The van der Waals surface area contributed by atoms with Crippen molar-refractivity contribution in [3.05, 3.63) is 34.0 Å². The highest BCUT2D eigenvalue weighted by Crippen LogP contribution is 2.11. The molecule has 0 saturated carbocycles. The third-order valence-corrected chi connectivity index (χ3v) is 3.59. The third kappa shape index (κ3) is 3.89. The molecular weight excluding hydrogens is 260 g/mol. The summed E-state index contributed by atoms with van der Waals surface area (Å²) < 4.78 is 0. The van der Waals surface area contributed by atoms with Gasteiger partial charge in [0.05, 0.1) is 0 Å². The number of nitrogens with one attached hydrogen (secondary N) is 2. The lowest BCUT2D eigenvalue weighted by molar-refractivity contribution is 0.0930. The Morgan fingerprint density at radius 1 is 1.58 bits per heavy atom. The molecule has 6 heteroatoms. The van der Waals surface area contributed by atoms with E-state index in [1.807, 2.05) is 18.4 Å². The van der Waals surface area contributed by atoms with Crippen LogP contribution in [0.5, 0.6) is 0 Å². The van der Waals surface area contributed by atoms with Crippen LogP contribution in [0, 0.1) is 0 Å². The molecule has 0 aromatic carbocycles. The first-order valence-corrected chi connectivity index (χ1v) is 7.31. The van der Waals surface area contributed by atoms with Crippen molar-refractivity contribution in [2.24, 2.45) is 0 Å². The highest BCUT2D eigenvalue weighted by molar-refractivity contribution is 7.09. The fourth-order valence-electron chi connectivity index (χ4n) is 1.82. The van der Waals surface area contributed by atoms with E-state index < -0.39 is 0 Å². The second kappa shape index (κ2) is 6.47. The fourth-order valence-corrected chi connectivity index (χ4v) is 2.65. The Kier molecular flexibility index (Phi) is 4.68. The van der Waals surface area contributed by atoms with Gasteiger partial charge in [0.15, 0.2) is 0 Å². The smallest absolute Gasteiger partial charge is 0.291 e. The van der Waals surface area contributed by atoms with Crippen LogP contribution in [-0.2, 0) is 12.8 Å². The fraction of sp³-hybridized carbons (Fsp3) is 0.462. The Morgan fingerprint density at radius 3 is 3.11 bits per heavy atom. The van der Waals surface area contributed by atoms with Crippen LogP contribution in [0.15, 0.2) is 17.5 Å². The molecule has 2 N–H and O–H groups in total. The molecule has 2 aromatic heterocycles. The van der Waals surface area contributed by atoms with E-state index in [0.717, 1.165) is 25.1 Å². The minimum absolute atomic E-state index is 0.0688. The molecule has 2 heterocycles. The van der Waals surface area contributed by atoms with Crippen molar-refractivity contribution in [2.75, 3.05) is 0 Å². The number of nitrogens with zero attached hydrogens (tertiary/aromatic N) is 2. The van der Waals surface area contributed by atoms with Crippen molar-refractivity contribution >= 4 is 17.2 Å². The lowest BCUT2D eigenvalue weighted by Crippen LogP contribution is -2.34. The van der Waals surface area contributed by atoms with Gasteiger partial charge in [-0.05, 0) is 24.8 Å². The Bertz CT molecular complexity index is 520. The van der Waals surface area contributed by atoms with Crippen LogP contribution in [0.2, 0.25) is 0 Å². The topological polar surface area (TPSA) is 70.7 Å². The van der Waals surface area contributed by atoms with Crippen LogP contribution in [0.3, 0.4) is 0 Å². The summed E-state index contributed by atoms with van der Waals surface area (Å²) in [6.07, 6.45) is 2.62. The largest absolute Gasteiger partial charge is 0.346 e. The van der Waals surface area contributed by atoms with Gasteiger partial charge in [-0.3, -0.25) is 9.89 Å². The van der Waals surface area contributed by atoms with E-state index in [1.165, 1.54) is 4.88 Å². The first kappa shape index (κ1) is 13.7. The highest BCUT2D eigenvalue weighted by atomic mass is 32.1. The van der Waals surface area contributed by atoms with Gasteiger partial charge in [0.2, 0.25) is 5.82 Å². The predicted molar refractivity (Wildman–Crippen MR) is 75.3 cm³/mol. The maximum atomic E-state index is 11.9. The van der Waals surface area contributed by atoms with Gasteiger partial charge in [-0.15, -0.1) is 16.4 Å². The molecule has 0 bridgehead atoms. The number of aromatic nitrogens is 3. The van der Waals surface area contributed by atoms with Crippen molar-refractivity contribution in [1.82, 2.24) is 20.5 Å². The summed E-state index contributed by atoms with van der Waals surface area (Å²) in [5.74, 6) is 0.766. The van der Waals surface area contributed by atoms with Gasteiger partial charge in [0.1, 0.15) is 5.82 Å². The summed E-state index contributed by atoms with van der Waals surface area (Å²) in [6, 6.07) is 4.15. The van der Waals surface area contributed by atoms with Crippen LogP contribution >= 0.6 is 11.3 Å². The molecule has 0 radical (unpaired) electrons. The number of amides is 1. The van der Waals surface area contributed by atoms with Crippen molar-refractivity contribution in [2.45, 2.75) is 39.2 Å². The average molecular weight is 278 g/mol. The van der Waals surface area contributed by atoms with Crippen molar-refractivity contribution in [1.29, 1.82) is 0 Å². The number of thiophene rings is 1. The summed E-state index contributed by atoms with van der Waals surface area (Å²) in [5, 5.41) is 11.7. The second-order valence-corrected chi connectivity index (χ2v) is 5.55. The highest BCUT2D eigenvalue weighted by Gasteiger charge is 2.15. The third-order valence-electron chi connectivity index (χ3n) is 2.69.